The van der Waals surface area contributed by atoms with Gasteiger partial charge in [0.25, 0.3) is 0 Å². The number of hydrogen-bond acceptors (Lipinski definition) is 3. The summed E-state index contributed by atoms with van der Waals surface area (Å²) in [5, 5.41) is 8.71. The van der Waals surface area contributed by atoms with Gasteiger partial charge in [-0.15, -0.1) is 0 Å². The number of aromatic nitrogens is 2. The molecule has 0 aliphatic rings. The largest absolute Gasteiger partial charge is 0.356 e. The third-order valence-corrected chi connectivity index (χ3v) is 2.25. The summed E-state index contributed by atoms with van der Waals surface area (Å²) in [5.74, 6) is 0. The molecule has 1 N–H and O–H groups in total. The molecule has 1 amide bonds. The van der Waals surface area contributed by atoms with Crippen LogP contribution in [0.1, 0.15) is 11.4 Å². The van der Waals surface area contributed by atoms with E-state index in [9.17, 15) is 4.79 Å². The standard InChI is InChI=1S/C11H10N4O/c1-15(7-16)6-9-4-11-10(14-9)3-2-8(5-12)13-11/h2-4,7,14H,6H2,1H3. The molecule has 2 aromatic heterocycles. The lowest BCUT2D eigenvalue weighted by Gasteiger charge is -2.07. The van der Waals surface area contributed by atoms with Crippen LogP contribution in [0.4, 0.5) is 0 Å². The van der Waals surface area contributed by atoms with Gasteiger partial charge in [-0.1, -0.05) is 0 Å². The zero-order valence-corrected chi connectivity index (χ0v) is 8.77. The molecular formula is C11H10N4O. The molecule has 0 fully saturated rings. The Hall–Kier alpha value is -2.35. The normalized spacial score (nSPS) is 10.0. The first-order chi connectivity index (χ1) is 7.72. The average Bonchev–Trinajstić information content (AvgIpc) is 2.69. The van der Waals surface area contributed by atoms with E-state index in [2.05, 4.69) is 9.97 Å². The number of nitriles is 1. The van der Waals surface area contributed by atoms with Crippen molar-refractivity contribution in [3.8, 4) is 6.07 Å². The lowest BCUT2D eigenvalue weighted by molar-refractivity contribution is -0.117. The van der Waals surface area contributed by atoms with Crippen molar-refractivity contribution in [3.63, 3.8) is 0 Å². The number of amides is 1. The summed E-state index contributed by atoms with van der Waals surface area (Å²) >= 11 is 0. The molecule has 0 spiro atoms. The number of hydrogen-bond donors (Lipinski definition) is 1. The van der Waals surface area contributed by atoms with Crippen LogP contribution in [-0.2, 0) is 11.3 Å². The van der Waals surface area contributed by atoms with Crippen LogP contribution in [0.5, 0.6) is 0 Å². The van der Waals surface area contributed by atoms with Crippen molar-refractivity contribution >= 4 is 17.4 Å². The maximum absolute atomic E-state index is 10.5. The van der Waals surface area contributed by atoms with Crippen molar-refractivity contribution in [2.75, 3.05) is 7.05 Å². The highest BCUT2D eigenvalue weighted by molar-refractivity contribution is 5.76. The Bertz CT molecular complexity index is 567. The van der Waals surface area contributed by atoms with Crippen LogP contribution in [0.25, 0.3) is 11.0 Å². The van der Waals surface area contributed by atoms with Crippen molar-refractivity contribution in [3.05, 3.63) is 29.6 Å². The van der Waals surface area contributed by atoms with Gasteiger partial charge in [0.05, 0.1) is 17.6 Å². The van der Waals surface area contributed by atoms with Crippen molar-refractivity contribution in [1.82, 2.24) is 14.9 Å². The van der Waals surface area contributed by atoms with Gasteiger partial charge in [0, 0.05) is 12.7 Å². The minimum Gasteiger partial charge on any atom is -0.356 e. The monoisotopic (exact) mass is 214 g/mol. The Morgan fingerprint density at radius 1 is 1.62 bits per heavy atom. The van der Waals surface area contributed by atoms with E-state index in [1.54, 1.807) is 13.1 Å². The van der Waals surface area contributed by atoms with E-state index in [-0.39, 0.29) is 0 Å². The Labute approximate surface area is 92.3 Å². The van der Waals surface area contributed by atoms with E-state index in [0.717, 1.165) is 23.1 Å². The first-order valence-corrected chi connectivity index (χ1v) is 4.77. The summed E-state index contributed by atoms with van der Waals surface area (Å²) in [6.45, 7) is 0.502. The summed E-state index contributed by atoms with van der Waals surface area (Å²) in [6.07, 6.45) is 0.764. The second-order valence-corrected chi connectivity index (χ2v) is 3.56. The van der Waals surface area contributed by atoms with Gasteiger partial charge < -0.3 is 9.88 Å². The zero-order chi connectivity index (χ0) is 11.5. The van der Waals surface area contributed by atoms with E-state index in [1.807, 2.05) is 18.2 Å². The third-order valence-electron chi connectivity index (χ3n) is 2.25. The van der Waals surface area contributed by atoms with Gasteiger partial charge in [-0.25, -0.2) is 4.98 Å². The summed E-state index contributed by atoms with van der Waals surface area (Å²) in [5.41, 5.74) is 2.90. The Morgan fingerprint density at radius 2 is 2.44 bits per heavy atom. The molecule has 2 heterocycles. The molecule has 0 bridgehead atoms. The highest BCUT2D eigenvalue weighted by atomic mass is 16.1. The van der Waals surface area contributed by atoms with Crippen LogP contribution in [0, 0.1) is 11.3 Å². The van der Waals surface area contributed by atoms with Crippen LogP contribution >= 0.6 is 0 Å². The number of pyridine rings is 1. The Morgan fingerprint density at radius 3 is 3.12 bits per heavy atom. The highest BCUT2D eigenvalue weighted by Crippen LogP contribution is 2.14. The molecule has 0 unspecified atom stereocenters. The molecule has 0 aromatic carbocycles. The zero-order valence-electron chi connectivity index (χ0n) is 8.77. The predicted octanol–water partition coefficient (Wildman–Crippen LogP) is 1.02. The van der Waals surface area contributed by atoms with Crippen LogP contribution in [-0.4, -0.2) is 28.3 Å². The summed E-state index contributed by atoms with van der Waals surface area (Å²) in [6, 6.07) is 7.30. The number of rotatable bonds is 3. The van der Waals surface area contributed by atoms with Crippen molar-refractivity contribution < 1.29 is 4.79 Å². The number of fused-ring (bicyclic) bond motifs is 1. The molecule has 0 saturated carbocycles. The van der Waals surface area contributed by atoms with Crippen LogP contribution in [0.2, 0.25) is 0 Å². The molecular weight excluding hydrogens is 204 g/mol. The molecule has 2 aromatic rings. The van der Waals surface area contributed by atoms with Gasteiger partial charge in [0.2, 0.25) is 6.41 Å². The maximum Gasteiger partial charge on any atom is 0.209 e. The van der Waals surface area contributed by atoms with E-state index >= 15 is 0 Å². The number of carbonyl (C=O) groups is 1. The smallest absolute Gasteiger partial charge is 0.209 e. The number of nitrogens with zero attached hydrogens (tertiary/aromatic N) is 3. The quantitative estimate of drug-likeness (QED) is 0.775. The minimum atomic E-state index is 0.391. The van der Waals surface area contributed by atoms with Crippen LogP contribution in [0.3, 0.4) is 0 Å². The molecule has 5 nitrogen and oxygen atoms in total. The van der Waals surface area contributed by atoms with E-state index in [1.165, 1.54) is 4.90 Å². The molecule has 0 atom stereocenters. The van der Waals surface area contributed by atoms with Crippen molar-refractivity contribution in [2.24, 2.45) is 0 Å². The molecule has 0 aliphatic carbocycles. The SMILES string of the molecule is CN(C=O)Cc1cc2nc(C#N)ccc2[nH]1. The van der Waals surface area contributed by atoms with Crippen LogP contribution in [0.15, 0.2) is 18.2 Å². The molecule has 16 heavy (non-hydrogen) atoms. The minimum absolute atomic E-state index is 0.391. The summed E-state index contributed by atoms with van der Waals surface area (Å²) < 4.78 is 0. The second-order valence-electron chi connectivity index (χ2n) is 3.56. The topological polar surface area (TPSA) is 72.8 Å². The van der Waals surface area contributed by atoms with E-state index < -0.39 is 0 Å². The molecule has 2 rings (SSSR count). The third kappa shape index (κ3) is 1.86. The van der Waals surface area contributed by atoms with Gasteiger partial charge >= 0.3 is 0 Å². The predicted molar refractivity (Wildman–Crippen MR) is 58.3 cm³/mol. The fraction of sp³-hybridized carbons (Fsp3) is 0.182. The highest BCUT2D eigenvalue weighted by Gasteiger charge is 2.04. The Balaban J connectivity index is 2.37. The van der Waals surface area contributed by atoms with Crippen molar-refractivity contribution in [2.45, 2.75) is 6.54 Å². The van der Waals surface area contributed by atoms with Gasteiger partial charge in [-0.3, -0.25) is 4.79 Å². The lowest BCUT2D eigenvalue weighted by atomic mass is 10.3. The van der Waals surface area contributed by atoms with Crippen LogP contribution < -0.4 is 0 Å². The number of carbonyl (C=O) groups excluding carboxylic acids is 1. The molecule has 5 heteroatoms. The first kappa shape index (κ1) is 10.2. The van der Waals surface area contributed by atoms with Gasteiger partial charge in [-0.05, 0) is 18.2 Å². The molecule has 0 aliphatic heterocycles. The molecule has 0 radical (unpaired) electrons. The fourth-order valence-corrected chi connectivity index (χ4v) is 1.52. The Kier molecular flexibility index (Phi) is 2.56. The van der Waals surface area contributed by atoms with Crippen molar-refractivity contribution in [1.29, 1.82) is 5.26 Å². The summed E-state index contributed by atoms with van der Waals surface area (Å²) in [4.78, 5) is 19.3. The molecule has 80 valence electrons. The lowest BCUT2D eigenvalue weighted by Crippen LogP contribution is -2.14. The number of nitrogens with one attached hydrogen (secondary N) is 1. The van der Waals surface area contributed by atoms with E-state index in [4.69, 9.17) is 5.26 Å². The second kappa shape index (κ2) is 4.03. The fourth-order valence-electron chi connectivity index (χ4n) is 1.52. The van der Waals surface area contributed by atoms with Gasteiger partial charge in [0.1, 0.15) is 11.8 Å². The van der Waals surface area contributed by atoms with Gasteiger partial charge in [-0.2, -0.15) is 5.26 Å². The van der Waals surface area contributed by atoms with E-state index in [0.29, 0.717) is 12.2 Å². The maximum atomic E-state index is 10.5. The summed E-state index contributed by atoms with van der Waals surface area (Å²) in [7, 11) is 1.70. The number of H-pyrrole nitrogens is 1. The average molecular weight is 214 g/mol. The first-order valence-electron chi connectivity index (χ1n) is 4.77. The number of aromatic amines is 1. The molecule has 0 saturated heterocycles. The van der Waals surface area contributed by atoms with Gasteiger partial charge in [0.15, 0.2) is 0 Å².